The van der Waals surface area contributed by atoms with Crippen LogP contribution >= 0.6 is 11.3 Å². The molecule has 0 unspecified atom stereocenters. The first kappa shape index (κ1) is 12.7. The number of carboxylic acids is 1. The van der Waals surface area contributed by atoms with Crippen LogP contribution in [0.15, 0.2) is 47.3 Å². The van der Waals surface area contributed by atoms with Crippen molar-refractivity contribution in [2.45, 2.75) is 12.5 Å². The first-order chi connectivity index (χ1) is 9.74. The van der Waals surface area contributed by atoms with E-state index in [1.165, 1.54) is 0 Å². The van der Waals surface area contributed by atoms with Crippen molar-refractivity contribution in [1.82, 2.24) is 4.98 Å². The van der Waals surface area contributed by atoms with E-state index in [-0.39, 0.29) is 0 Å². The van der Waals surface area contributed by atoms with Crippen molar-refractivity contribution >= 4 is 33.9 Å². The zero-order chi connectivity index (χ0) is 13.9. The van der Waals surface area contributed by atoms with Gasteiger partial charge in [-0.3, -0.25) is 0 Å². The molecular formula is C15H14N2O2S. The smallest absolute Gasteiger partial charge is 0.326 e. The van der Waals surface area contributed by atoms with Gasteiger partial charge < -0.3 is 15.4 Å². The fraction of sp³-hybridized carbons (Fsp3) is 0.133. The molecule has 5 heteroatoms. The predicted octanol–water partition coefficient (Wildman–Crippen LogP) is 3.34. The SMILES string of the molecule is O=C(O)[C@H](Cc1c[nH]c2ccccc12)Nc1ccsc1. The van der Waals surface area contributed by atoms with Crippen LogP contribution in [0.4, 0.5) is 5.69 Å². The van der Waals surface area contributed by atoms with Crippen LogP contribution in [0.25, 0.3) is 10.9 Å². The number of carboxylic acid groups (broad SMARTS) is 1. The second-order valence-electron chi connectivity index (χ2n) is 4.61. The molecule has 20 heavy (non-hydrogen) atoms. The van der Waals surface area contributed by atoms with Crippen LogP contribution < -0.4 is 5.32 Å². The Morgan fingerprint density at radius 1 is 1.35 bits per heavy atom. The average Bonchev–Trinajstić information content (AvgIpc) is 3.08. The van der Waals surface area contributed by atoms with Gasteiger partial charge in [-0.1, -0.05) is 18.2 Å². The zero-order valence-electron chi connectivity index (χ0n) is 10.7. The van der Waals surface area contributed by atoms with E-state index in [1.54, 1.807) is 11.3 Å². The molecule has 3 rings (SSSR count). The van der Waals surface area contributed by atoms with Gasteiger partial charge in [-0.05, 0) is 23.1 Å². The number of thiophene rings is 1. The lowest BCUT2D eigenvalue weighted by atomic mass is 10.0. The first-order valence-corrected chi connectivity index (χ1v) is 7.25. The fourth-order valence-electron chi connectivity index (χ4n) is 2.27. The van der Waals surface area contributed by atoms with E-state index in [0.29, 0.717) is 6.42 Å². The molecule has 3 N–H and O–H groups in total. The normalized spacial score (nSPS) is 12.4. The third-order valence-electron chi connectivity index (χ3n) is 3.26. The molecule has 0 saturated carbocycles. The van der Waals surface area contributed by atoms with E-state index in [4.69, 9.17) is 0 Å². The van der Waals surface area contributed by atoms with Gasteiger partial charge in [0, 0.05) is 34.6 Å². The topological polar surface area (TPSA) is 65.1 Å². The van der Waals surface area contributed by atoms with Gasteiger partial charge in [0.2, 0.25) is 0 Å². The first-order valence-electron chi connectivity index (χ1n) is 6.30. The number of nitrogens with one attached hydrogen (secondary N) is 2. The van der Waals surface area contributed by atoms with E-state index in [1.807, 2.05) is 47.3 Å². The lowest BCUT2D eigenvalue weighted by Gasteiger charge is -2.14. The van der Waals surface area contributed by atoms with Gasteiger partial charge in [-0.2, -0.15) is 11.3 Å². The molecule has 0 aliphatic rings. The number of para-hydroxylation sites is 1. The molecule has 2 aromatic heterocycles. The van der Waals surface area contributed by atoms with E-state index >= 15 is 0 Å². The minimum absolute atomic E-state index is 0.440. The second kappa shape index (κ2) is 5.38. The molecule has 0 aliphatic carbocycles. The van der Waals surface area contributed by atoms with Crippen LogP contribution in [0.5, 0.6) is 0 Å². The lowest BCUT2D eigenvalue weighted by Crippen LogP contribution is -2.31. The quantitative estimate of drug-likeness (QED) is 0.674. The Balaban J connectivity index is 1.84. The van der Waals surface area contributed by atoms with Crippen LogP contribution in [0.2, 0.25) is 0 Å². The summed E-state index contributed by atoms with van der Waals surface area (Å²) in [4.78, 5) is 14.6. The Labute approximate surface area is 120 Å². The number of anilines is 1. The molecule has 0 spiro atoms. The van der Waals surface area contributed by atoms with Gasteiger partial charge in [0.25, 0.3) is 0 Å². The molecule has 0 aliphatic heterocycles. The van der Waals surface area contributed by atoms with E-state index < -0.39 is 12.0 Å². The minimum atomic E-state index is -0.846. The Hall–Kier alpha value is -2.27. The standard InChI is InChI=1S/C15H14N2O2S/c18-15(19)14(17-11-5-6-20-9-11)7-10-8-16-13-4-2-1-3-12(10)13/h1-6,8-9,14,16-17H,7H2,(H,18,19)/t14-/m0/s1. The van der Waals surface area contributed by atoms with Crippen molar-refractivity contribution in [1.29, 1.82) is 0 Å². The maximum atomic E-state index is 11.4. The van der Waals surface area contributed by atoms with Crippen LogP contribution in [-0.4, -0.2) is 22.1 Å². The van der Waals surface area contributed by atoms with E-state index in [0.717, 1.165) is 22.2 Å². The number of fused-ring (bicyclic) bond motifs is 1. The van der Waals surface area contributed by atoms with E-state index in [9.17, 15) is 9.90 Å². The van der Waals surface area contributed by atoms with Crippen LogP contribution in [0.1, 0.15) is 5.56 Å². The summed E-state index contributed by atoms with van der Waals surface area (Å²) in [5.41, 5.74) is 2.89. The highest BCUT2D eigenvalue weighted by Crippen LogP contribution is 2.21. The average molecular weight is 286 g/mol. The third-order valence-corrected chi connectivity index (χ3v) is 3.94. The second-order valence-corrected chi connectivity index (χ2v) is 5.39. The highest BCUT2D eigenvalue weighted by atomic mass is 32.1. The molecule has 102 valence electrons. The Morgan fingerprint density at radius 3 is 2.95 bits per heavy atom. The van der Waals surface area contributed by atoms with Crippen LogP contribution in [0, 0.1) is 0 Å². The maximum absolute atomic E-state index is 11.4. The van der Waals surface area contributed by atoms with Gasteiger partial charge in [-0.15, -0.1) is 0 Å². The Kier molecular flexibility index (Phi) is 3.43. The zero-order valence-corrected chi connectivity index (χ0v) is 11.5. The molecule has 4 nitrogen and oxygen atoms in total. The molecule has 0 saturated heterocycles. The number of hydrogen-bond acceptors (Lipinski definition) is 3. The van der Waals surface area contributed by atoms with Crippen LogP contribution in [-0.2, 0) is 11.2 Å². The number of hydrogen-bond donors (Lipinski definition) is 3. The highest BCUT2D eigenvalue weighted by Gasteiger charge is 2.19. The Bertz CT molecular complexity index is 718. The molecule has 0 radical (unpaired) electrons. The number of carbonyl (C=O) groups is 1. The number of aliphatic carboxylic acids is 1. The van der Waals surface area contributed by atoms with Crippen molar-refractivity contribution in [3.8, 4) is 0 Å². The fourth-order valence-corrected chi connectivity index (χ4v) is 2.87. The summed E-state index contributed by atoms with van der Waals surface area (Å²) in [6, 6.07) is 9.16. The summed E-state index contributed by atoms with van der Waals surface area (Å²) in [5, 5.41) is 17.3. The van der Waals surface area contributed by atoms with Crippen molar-refractivity contribution in [3.63, 3.8) is 0 Å². The van der Waals surface area contributed by atoms with E-state index in [2.05, 4.69) is 10.3 Å². The number of benzene rings is 1. The molecule has 1 aromatic carbocycles. The molecule has 0 bridgehead atoms. The molecule has 0 fully saturated rings. The van der Waals surface area contributed by atoms with Crippen molar-refractivity contribution in [3.05, 3.63) is 52.9 Å². The molecule has 2 heterocycles. The number of H-pyrrole nitrogens is 1. The monoisotopic (exact) mass is 286 g/mol. The summed E-state index contributed by atoms with van der Waals surface area (Å²) < 4.78 is 0. The predicted molar refractivity (Wildman–Crippen MR) is 81.4 cm³/mol. The highest BCUT2D eigenvalue weighted by molar-refractivity contribution is 7.08. The summed E-state index contributed by atoms with van der Waals surface area (Å²) >= 11 is 1.54. The maximum Gasteiger partial charge on any atom is 0.326 e. The summed E-state index contributed by atoms with van der Waals surface area (Å²) in [7, 11) is 0. The number of rotatable bonds is 5. The molecular weight excluding hydrogens is 272 g/mol. The largest absolute Gasteiger partial charge is 0.480 e. The van der Waals surface area contributed by atoms with Gasteiger partial charge in [-0.25, -0.2) is 4.79 Å². The molecule has 3 aromatic rings. The van der Waals surface area contributed by atoms with Gasteiger partial charge >= 0.3 is 5.97 Å². The van der Waals surface area contributed by atoms with Gasteiger partial charge in [0.1, 0.15) is 6.04 Å². The van der Waals surface area contributed by atoms with Crippen molar-refractivity contribution in [2.75, 3.05) is 5.32 Å². The molecule has 0 amide bonds. The third kappa shape index (κ3) is 2.53. The number of aromatic nitrogens is 1. The van der Waals surface area contributed by atoms with Gasteiger partial charge in [0.05, 0.1) is 0 Å². The summed E-state index contributed by atoms with van der Waals surface area (Å²) in [5.74, 6) is -0.846. The van der Waals surface area contributed by atoms with Crippen LogP contribution in [0.3, 0.4) is 0 Å². The van der Waals surface area contributed by atoms with Crippen molar-refractivity contribution in [2.24, 2.45) is 0 Å². The Morgan fingerprint density at radius 2 is 2.20 bits per heavy atom. The molecule has 1 atom stereocenters. The number of aromatic amines is 1. The minimum Gasteiger partial charge on any atom is -0.480 e. The summed E-state index contributed by atoms with van der Waals surface area (Å²) in [6.07, 6.45) is 2.32. The van der Waals surface area contributed by atoms with Gasteiger partial charge in [0.15, 0.2) is 0 Å². The summed E-state index contributed by atoms with van der Waals surface area (Å²) in [6.45, 7) is 0. The lowest BCUT2D eigenvalue weighted by molar-refractivity contribution is -0.137. The van der Waals surface area contributed by atoms with Crippen molar-refractivity contribution < 1.29 is 9.90 Å².